The first-order valence-corrected chi connectivity index (χ1v) is 8.44. The molecule has 0 aliphatic rings. The Hall–Kier alpha value is -1.86. The normalized spacial score (nSPS) is 12.8. The molecule has 7 heteroatoms. The van der Waals surface area contributed by atoms with Gasteiger partial charge in [0.25, 0.3) is 5.91 Å². The summed E-state index contributed by atoms with van der Waals surface area (Å²) in [6.45, 7) is 0.373. The van der Waals surface area contributed by atoms with Crippen LogP contribution in [0.4, 0.5) is 13.2 Å². The first kappa shape index (κ1) is 18.5. The Kier molecular flexibility index (Phi) is 6.39. The number of hydrogen-bond acceptors (Lipinski definition) is 3. The lowest BCUT2D eigenvalue weighted by molar-refractivity contribution is -0.137. The number of carbonyl (C=O) groups is 1. The molecule has 1 aromatic carbocycles. The van der Waals surface area contributed by atoms with Gasteiger partial charge in [0.15, 0.2) is 0 Å². The summed E-state index contributed by atoms with van der Waals surface area (Å²) < 4.78 is 38.0. The third-order valence-electron chi connectivity index (χ3n) is 3.72. The van der Waals surface area contributed by atoms with Crippen molar-refractivity contribution in [2.75, 3.05) is 13.2 Å². The summed E-state index contributed by atoms with van der Waals surface area (Å²) in [5.41, 5.74) is 0.244. The molecule has 0 spiro atoms. The van der Waals surface area contributed by atoms with E-state index in [1.165, 1.54) is 12.1 Å². The van der Waals surface area contributed by atoms with E-state index in [1.807, 2.05) is 16.8 Å². The number of rotatable bonds is 7. The molecule has 130 valence electrons. The van der Waals surface area contributed by atoms with Crippen molar-refractivity contribution in [2.24, 2.45) is 0 Å². The van der Waals surface area contributed by atoms with E-state index < -0.39 is 17.6 Å². The minimum Gasteiger partial charge on any atom is -0.396 e. The molecule has 0 bridgehead atoms. The molecule has 0 radical (unpaired) electrons. The molecule has 0 saturated heterocycles. The second kappa shape index (κ2) is 8.30. The average Bonchev–Trinajstić information content (AvgIpc) is 3.07. The second-order valence-electron chi connectivity index (χ2n) is 5.39. The summed E-state index contributed by atoms with van der Waals surface area (Å²) in [6, 6.07) is 6.33. The van der Waals surface area contributed by atoms with E-state index in [9.17, 15) is 18.0 Å². The lowest BCUT2D eigenvalue weighted by Crippen LogP contribution is -2.26. The summed E-state index contributed by atoms with van der Waals surface area (Å²) >= 11 is 1.56. The van der Waals surface area contributed by atoms with E-state index in [1.54, 1.807) is 11.3 Å². The Balaban J connectivity index is 1.93. The highest BCUT2D eigenvalue weighted by molar-refractivity contribution is 7.07. The van der Waals surface area contributed by atoms with Crippen LogP contribution in [0.15, 0.2) is 41.1 Å². The zero-order chi connectivity index (χ0) is 17.6. The summed E-state index contributed by atoms with van der Waals surface area (Å²) in [7, 11) is 0. The van der Waals surface area contributed by atoms with E-state index in [0.717, 1.165) is 17.7 Å². The maximum absolute atomic E-state index is 12.7. The van der Waals surface area contributed by atoms with Gasteiger partial charge in [0, 0.05) is 18.7 Å². The summed E-state index contributed by atoms with van der Waals surface area (Å²) in [5.74, 6) is -0.419. The highest BCUT2D eigenvalue weighted by atomic mass is 32.1. The Morgan fingerprint density at radius 1 is 1.25 bits per heavy atom. The standard InChI is InChI=1S/C17H18F3NO2S/c18-17(19,20)15-3-1-2-13(10-15)16(23)21-7-4-12(5-8-22)14-6-9-24-11-14/h1-3,6,9-12,22H,4-5,7-8H2,(H,21,23)/t12-/m1/s1. The van der Waals surface area contributed by atoms with Crippen LogP contribution in [0.5, 0.6) is 0 Å². The Morgan fingerprint density at radius 3 is 2.67 bits per heavy atom. The van der Waals surface area contributed by atoms with Gasteiger partial charge in [-0.2, -0.15) is 24.5 Å². The average molecular weight is 357 g/mol. The molecule has 2 rings (SSSR count). The predicted octanol–water partition coefficient (Wildman–Crippen LogP) is 4.05. The van der Waals surface area contributed by atoms with E-state index >= 15 is 0 Å². The number of benzene rings is 1. The van der Waals surface area contributed by atoms with Crippen LogP contribution in [0.25, 0.3) is 0 Å². The zero-order valence-electron chi connectivity index (χ0n) is 12.8. The third kappa shape index (κ3) is 5.07. The summed E-state index contributed by atoms with van der Waals surface area (Å²) in [4.78, 5) is 12.0. The number of halogens is 3. The smallest absolute Gasteiger partial charge is 0.396 e. The molecule has 0 aliphatic carbocycles. The van der Waals surface area contributed by atoms with Crippen molar-refractivity contribution in [3.8, 4) is 0 Å². The number of aliphatic hydroxyl groups excluding tert-OH is 1. The van der Waals surface area contributed by atoms with Crippen molar-refractivity contribution in [1.82, 2.24) is 5.32 Å². The molecule has 0 aliphatic heterocycles. The molecule has 0 unspecified atom stereocenters. The number of nitrogens with one attached hydrogen (secondary N) is 1. The molecule has 2 aromatic rings. The number of amides is 1. The van der Waals surface area contributed by atoms with Crippen LogP contribution in [-0.2, 0) is 6.18 Å². The Bertz CT molecular complexity index is 656. The van der Waals surface area contributed by atoms with E-state index in [0.29, 0.717) is 19.4 Å². The van der Waals surface area contributed by atoms with Crippen molar-refractivity contribution in [3.63, 3.8) is 0 Å². The van der Waals surface area contributed by atoms with Gasteiger partial charge in [-0.15, -0.1) is 0 Å². The lowest BCUT2D eigenvalue weighted by atomic mass is 9.95. The molecular weight excluding hydrogens is 339 g/mol. The van der Waals surface area contributed by atoms with Gasteiger partial charge in [0.2, 0.25) is 0 Å². The molecule has 3 nitrogen and oxygen atoms in total. The van der Waals surface area contributed by atoms with E-state index in [-0.39, 0.29) is 18.1 Å². The molecule has 1 amide bonds. The van der Waals surface area contributed by atoms with Crippen molar-refractivity contribution in [1.29, 1.82) is 0 Å². The lowest BCUT2D eigenvalue weighted by Gasteiger charge is -2.15. The van der Waals surface area contributed by atoms with Gasteiger partial charge in [-0.3, -0.25) is 4.79 Å². The maximum atomic E-state index is 12.7. The van der Waals surface area contributed by atoms with Crippen LogP contribution in [0.2, 0.25) is 0 Å². The van der Waals surface area contributed by atoms with Crippen LogP contribution in [0.1, 0.15) is 40.2 Å². The quantitative estimate of drug-likeness (QED) is 0.785. The van der Waals surface area contributed by atoms with Crippen LogP contribution in [0, 0.1) is 0 Å². The number of thiophene rings is 1. The summed E-state index contributed by atoms with van der Waals surface area (Å²) in [6.07, 6.45) is -3.28. The number of hydrogen-bond donors (Lipinski definition) is 2. The molecule has 1 atom stereocenters. The monoisotopic (exact) mass is 357 g/mol. The highest BCUT2D eigenvalue weighted by Crippen LogP contribution is 2.29. The number of carbonyl (C=O) groups excluding carboxylic acids is 1. The van der Waals surface area contributed by atoms with Crippen LogP contribution < -0.4 is 5.32 Å². The zero-order valence-corrected chi connectivity index (χ0v) is 13.7. The minimum absolute atomic E-state index is 0.0148. The molecule has 0 saturated carbocycles. The second-order valence-corrected chi connectivity index (χ2v) is 6.17. The fourth-order valence-electron chi connectivity index (χ4n) is 2.44. The van der Waals surface area contributed by atoms with Gasteiger partial charge < -0.3 is 10.4 Å². The van der Waals surface area contributed by atoms with Crippen LogP contribution in [-0.4, -0.2) is 24.2 Å². The maximum Gasteiger partial charge on any atom is 0.416 e. The van der Waals surface area contributed by atoms with Crippen LogP contribution >= 0.6 is 11.3 Å². The van der Waals surface area contributed by atoms with Gasteiger partial charge in [-0.05, 0) is 59.3 Å². The predicted molar refractivity (Wildman–Crippen MR) is 87.2 cm³/mol. The third-order valence-corrected chi connectivity index (χ3v) is 4.42. The van der Waals surface area contributed by atoms with Gasteiger partial charge in [-0.25, -0.2) is 0 Å². The largest absolute Gasteiger partial charge is 0.416 e. The van der Waals surface area contributed by atoms with Crippen molar-refractivity contribution >= 4 is 17.2 Å². The highest BCUT2D eigenvalue weighted by Gasteiger charge is 2.30. The van der Waals surface area contributed by atoms with Crippen LogP contribution in [0.3, 0.4) is 0 Å². The molecular formula is C17H18F3NO2S. The van der Waals surface area contributed by atoms with E-state index in [4.69, 9.17) is 5.11 Å². The van der Waals surface area contributed by atoms with Gasteiger partial charge >= 0.3 is 6.18 Å². The molecule has 0 fully saturated rings. The fourth-order valence-corrected chi connectivity index (χ4v) is 3.18. The first-order valence-electron chi connectivity index (χ1n) is 7.50. The molecule has 24 heavy (non-hydrogen) atoms. The van der Waals surface area contributed by atoms with Gasteiger partial charge in [0.1, 0.15) is 0 Å². The molecule has 1 heterocycles. The number of alkyl halides is 3. The Labute approximate surface area is 142 Å². The summed E-state index contributed by atoms with van der Waals surface area (Å²) in [5, 5.41) is 15.7. The number of aliphatic hydroxyl groups is 1. The van der Waals surface area contributed by atoms with Gasteiger partial charge in [-0.1, -0.05) is 6.07 Å². The molecule has 1 aromatic heterocycles. The molecule has 2 N–H and O–H groups in total. The SMILES string of the molecule is O=C(NCC[C@H](CCO)c1ccsc1)c1cccc(C(F)(F)F)c1. The Morgan fingerprint density at radius 2 is 2.04 bits per heavy atom. The van der Waals surface area contributed by atoms with Crippen molar-refractivity contribution in [2.45, 2.75) is 24.9 Å². The fraction of sp³-hybridized carbons (Fsp3) is 0.353. The van der Waals surface area contributed by atoms with Crippen molar-refractivity contribution in [3.05, 3.63) is 57.8 Å². The topological polar surface area (TPSA) is 49.3 Å². The van der Waals surface area contributed by atoms with Gasteiger partial charge in [0.05, 0.1) is 5.56 Å². The minimum atomic E-state index is -4.47. The van der Waals surface area contributed by atoms with Crippen molar-refractivity contribution < 1.29 is 23.1 Å². The van der Waals surface area contributed by atoms with E-state index in [2.05, 4.69) is 5.32 Å². The first-order chi connectivity index (χ1) is 11.4.